The van der Waals surface area contributed by atoms with E-state index < -0.39 is 0 Å². The summed E-state index contributed by atoms with van der Waals surface area (Å²) in [5.74, 6) is 0.944. The lowest BCUT2D eigenvalue weighted by Gasteiger charge is -2.28. The molecular formula is C10H21N5. The molecule has 1 fully saturated rings. The summed E-state index contributed by atoms with van der Waals surface area (Å²) in [4.78, 5) is 4.72. The molecule has 0 unspecified atom stereocenters. The van der Waals surface area contributed by atoms with E-state index in [1.165, 1.54) is 26.2 Å². The molecule has 1 saturated heterocycles. The molecule has 86 valence electrons. The van der Waals surface area contributed by atoms with Gasteiger partial charge < -0.3 is 15.1 Å². The molecule has 0 amide bonds. The van der Waals surface area contributed by atoms with E-state index in [-0.39, 0.29) is 0 Å². The van der Waals surface area contributed by atoms with E-state index in [1.54, 1.807) is 6.20 Å². The van der Waals surface area contributed by atoms with E-state index in [2.05, 4.69) is 39.4 Å². The van der Waals surface area contributed by atoms with Gasteiger partial charge in [0.15, 0.2) is 0 Å². The van der Waals surface area contributed by atoms with E-state index >= 15 is 0 Å². The first-order valence-corrected chi connectivity index (χ1v) is 5.26. The molecule has 1 aromatic heterocycles. The number of hydrogen-bond donors (Lipinski definition) is 2. The number of nitrogens with zero attached hydrogens (tertiary/aromatic N) is 3. The maximum Gasteiger partial charge on any atom is 0.121 e. The fourth-order valence-electron chi connectivity index (χ4n) is 1.30. The first-order valence-electron chi connectivity index (χ1n) is 5.26. The van der Waals surface area contributed by atoms with E-state index in [0.29, 0.717) is 0 Å². The van der Waals surface area contributed by atoms with Crippen LogP contribution in [0, 0.1) is 0 Å². The van der Waals surface area contributed by atoms with Gasteiger partial charge in [-0.2, -0.15) is 5.10 Å². The zero-order valence-electron chi connectivity index (χ0n) is 9.82. The highest BCUT2D eigenvalue weighted by atomic mass is 15.2. The molecule has 2 N–H and O–H groups in total. The second-order valence-corrected chi connectivity index (χ2v) is 3.83. The quantitative estimate of drug-likeness (QED) is 0.702. The van der Waals surface area contributed by atoms with Gasteiger partial charge in [-0.3, -0.25) is 5.10 Å². The van der Waals surface area contributed by atoms with Crippen molar-refractivity contribution in [2.75, 3.05) is 52.6 Å². The Bertz CT molecular complexity index is 228. The Balaban J connectivity index is 0.000000151. The zero-order chi connectivity index (χ0) is 11.1. The summed E-state index contributed by atoms with van der Waals surface area (Å²) >= 11 is 0. The monoisotopic (exact) mass is 211 g/mol. The summed E-state index contributed by atoms with van der Waals surface area (Å²) < 4.78 is 0. The predicted octanol–water partition coefficient (Wildman–Crippen LogP) is 0.315. The van der Waals surface area contributed by atoms with Crippen LogP contribution in [0.1, 0.15) is 0 Å². The number of hydrogen-bond acceptors (Lipinski definition) is 4. The van der Waals surface area contributed by atoms with Gasteiger partial charge in [0, 0.05) is 33.2 Å². The average Bonchev–Trinajstić information content (AvgIpc) is 2.76. The third kappa shape index (κ3) is 4.80. The van der Waals surface area contributed by atoms with Crippen molar-refractivity contribution in [1.82, 2.24) is 20.0 Å². The molecule has 0 spiro atoms. The van der Waals surface area contributed by atoms with Crippen LogP contribution in [0.25, 0.3) is 0 Å². The molecule has 2 rings (SSSR count). The van der Waals surface area contributed by atoms with Crippen molar-refractivity contribution in [2.45, 2.75) is 0 Å². The van der Waals surface area contributed by atoms with Crippen molar-refractivity contribution in [1.29, 1.82) is 0 Å². The van der Waals surface area contributed by atoms with Gasteiger partial charge in [0.25, 0.3) is 0 Å². The minimum Gasteiger partial charge on any atom is -0.374 e. The molecule has 5 heteroatoms. The van der Waals surface area contributed by atoms with Crippen LogP contribution in [-0.2, 0) is 0 Å². The van der Waals surface area contributed by atoms with Gasteiger partial charge in [-0.25, -0.2) is 0 Å². The fraction of sp³-hybridized carbons (Fsp3) is 0.700. The van der Waals surface area contributed by atoms with Crippen LogP contribution in [0.4, 0.5) is 5.82 Å². The molecule has 0 aliphatic carbocycles. The number of nitrogens with one attached hydrogen (secondary N) is 2. The van der Waals surface area contributed by atoms with Gasteiger partial charge in [-0.1, -0.05) is 0 Å². The summed E-state index contributed by atoms with van der Waals surface area (Å²) in [5, 5.41) is 9.32. The molecule has 2 heterocycles. The molecular weight excluding hydrogens is 190 g/mol. The van der Waals surface area contributed by atoms with Crippen molar-refractivity contribution in [3.8, 4) is 0 Å². The largest absolute Gasteiger partial charge is 0.374 e. The Morgan fingerprint density at radius 1 is 1.20 bits per heavy atom. The smallest absolute Gasteiger partial charge is 0.121 e. The maximum absolute atomic E-state index is 3.71. The average molecular weight is 211 g/mol. The molecule has 0 radical (unpaired) electrons. The lowest BCUT2D eigenvalue weighted by molar-refractivity contribution is 0.181. The molecule has 5 nitrogen and oxygen atoms in total. The Kier molecular flexibility index (Phi) is 5.14. The second kappa shape index (κ2) is 6.42. The van der Waals surface area contributed by atoms with Crippen LogP contribution in [0.2, 0.25) is 0 Å². The fourth-order valence-corrected chi connectivity index (χ4v) is 1.30. The minimum atomic E-state index is 0.944. The van der Waals surface area contributed by atoms with Crippen LogP contribution in [0.3, 0.4) is 0 Å². The third-order valence-corrected chi connectivity index (χ3v) is 2.50. The molecule has 0 saturated carbocycles. The van der Waals surface area contributed by atoms with Gasteiger partial charge >= 0.3 is 0 Å². The lowest BCUT2D eigenvalue weighted by atomic mass is 10.4. The number of likely N-dealkylation sites (N-methyl/N-ethyl adjacent to an activating group) is 2. The van der Waals surface area contributed by atoms with Crippen LogP contribution in [0.15, 0.2) is 12.3 Å². The lowest BCUT2D eigenvalue weighted by Crippen LogP contribution is -2.42. The van der Waals surface area contributed by atoms with Gasteiger partial charge in [-0.05, 0) is 20.2 Å². The van der Waals surface area contributed by atoms with Gasteiger partial charge in [0.05, 0.1) is 6.20 Å². The van der Waals surface area contributed by atoms with E-state index in [9.17, 15) is 0 Å². The van der Waals surface area contributed by atoms with Crippen molar-refractivity contribution >= 4 is 5.82 Å². The molecule has 1 aromatic rings. The van der Waals surface area contributed by atoms with Gasteiger partial charge in [0.2, 0.25) is 0 Å². The number of rotatable bonds is 1. The molecule has 15 heavy (non-hydrogen) atoms. The summed E-state index contributed by atoms with van der Waals surface area (Å²) in [6, 6.07) is 1.86. The summed E-state index contributed by atoms with van der Waals surface area (Å²) in [6.07, 6.45) is 1.70. The Hall–Kier alpha value is -1.07. The highest BCUT2D eigenvalue weighted by molar-refractivity contribution is 5.29. The number of aromatic nitrogens is 2. The van der Waals surface area contributed by atoms with Crippen LogP contribution < -0.4 is 5.32 Å². The normalized spacial score (nSPS) is 18.1. The number of piperazine rings is 1. The standard InChI is InChI=1S/C6H14N2.C4H7N3/c1-7-3-5-8(2)6-4-7;1-5-4-2-3-6-7-4/h3-6H2,1-2H3;2-3H,1H3,(H2,5,6,7). The number of aromatic amines is 1. The van der Waals surface area contributed by atoms with E-state index in [0.717, 1.165) is 5.82 Å². The second-order valence-electron chi connectivity index (χ2n) is 3.83. The van der Waals surface area contributed by atoms with Gasteiger partial charge in [-0.15, -0.1) is 0 Å². The van der Waals surface area contributed by atoms with Crippen molar-refractivity contribution in [3.05, 3.63) is 12.3 Å². The SMILES string of the molecule is CN1CCN(C)CC1.CNc1ccn[nH]1. The summed E-state index contributed by atoms with van der Waals surface area (Å²) in [5.41, 5.74) is 0. The van der Waals surface area contributed by atoms with Crippen LogP contribution in [0.5, 0.6) is 0 Å². The van der Waals surface area contributed by atoms with E-state index in [1.807, 2.05) is 13.1 Å². The highest BCUT2D eigenvalue weighted by Gasteiger charge is 2.07. The Morgan fingerprint density at radius 3 is 2.00 bits per heavy atom. The third-order valence-electron chi connectivity index (χ3n) is 2.50. The summed E-state index contributed by atoms with van der Waals surface area (Å²) in [6.45, 7) is 4.93. The molecule has 0 atom stereocenters. The van der Waals surface area contributed by atoms with E-state index in [4.69, 9.17) is 0 Å². The predicted molar refractivity (Wildman–Crippen MR) is 63.1 cm³/mol. The Labute approximate surface area is 91.5 Å². The molecule has 1 aliphatic heterocycles. The van der Waals surface area contributed by atoms with Crippen molar-refractivity contribution in [2.24, 2.45) is 0 Å². The highest BCUT2D eigenvalue weighted by Crippen LogP contribution is 1.94. The molecule has 0 aromatic carbocycles. The first kappa shape index (κ1) is 12.0. The molecule has 1 aliphatic rings. The maximum atomic E-state index is 3.71. The van der Waals surface area contributed by atoms with Crippen molar-refractivity contribution < 1.29 is 0 Å². The summed E-state index contributed by atoms with van der Waals surface area (Å²) in [7, 11) is 6.19. The van der Waals surface area contributed by atoms with Crippen molar-refractivity contribution in [3.63, 3.8) is 0 Å². The van der Waals surface area contributed by atoms with Gasteiger partial charge in [0.1, 0.15) is 5.82 Å². The van der Waals surface area contributed by atoms with Crippen LogP contribution in [-0.4, -0.2) is 67.3 Å². The van der Waals surface area contributed by atoms with Crippen LogP contribution >= 0.6 is 0 Å². The molecule has 0 bridgehead atoms. The first-order chi connectivity index (χ1) is 7.22. The number of H-pyrrole nitrogens is 1. The Morgan fingerprint density at radius 2 is 1.73 bits per heavy atom. The topological polar surface area (TPSA) is 47.2 Å². The number of anilines is 1. The zero-order valence-corrected chi connectivity index (χ0v) is 9.82. The minimum absolute atomic E-state index is 0.944.